The quantitative estimate of drug-likeness (QED) is 0.619. The average molecular weight is 308 g/mol. The lowest BCUT2D eigenvalue weighted by Crippen LogP contribution is -2.38. The molecule has 6 heteroatoms. The highest BCUT2D eigenvalue weighted by molar-refractivity contribution is 5.48. The van der Waals surface area contributed by atoms with E-state index in [0.29, 0.717) is 19.1 Å². The second-order valence-electron chi connectivity index (χ2n) is 5.75. The Labute approximate surface area is 130 Å². The van der Waals surface area contributed by atoms with Crippen LogP contribution >= 0.6 is 0 Å². The highest BCUT2D eigenvalue weighted by Gasteiger charge is 2.22. The van der Waals surface area contributed by atoms with Gasteiger partial charge in [0.15, 0.2) is 5.75 Å². The van der Waals surface area contributed by atoms with Crippen LogP contribution in [0.1, 0.15) is 37.7 Å². The molecular formula is C16H24N2O4. The minimum absolute atomic E-state index is 0.00686. The summed E-state index contributed by atoms with van der Waals surface area (Å²) in [4.78, 5) is 12.9. The molecule has 0 aromatic heterocycles. The van der Waals surface area contributed by atoms with Gasteiger partial charge in [-0.2, -0.15) is 0 Å². The second kappa shape index (κ2) is 8.10. The fourth-order valence-corrected chi connectivity index (χ4v) is 3.18. The third-order valence-electron chi connectivity index (χ3n) is 4.30. The van der Waals surface area contributed by atoms with Crippen molar-refractivity contribution >= 4 is 5.69 Å². The van der Waals surface area contributed by atoms with Crippen molar-refractivity contribution in [2.24, 2.45) is 0 Å². The van der Waals surface area contributed by atoms with Crippen LogP contribution in [0.3, 0.4) is 0 Å². The number of hydrogen-bond acceptors (Lipinski definition) is 5. The zero-order valence-electron chi connectivity index (χ0n) is 13.0. The minimum Gasteiger partial charge on any atom is -0.490 e. The Morgan fingerprint density at radius 2 is 2.09 bits per heavy atom. The number of ether oxygens (including phenoxy) is 1. The van der Waals surface area contributed by atoms with Crippen molar-refractivity contribution in [1.82, 2.24) is 4.90 Å². The van der Waals surface area contributed by atoms with Crippen molar-refractivity contribution in [2.75, 3.05) is 20.3 Å². The van der Waals surface area contributed by atoms with E-state index in [4.69, 9.17) is 4.74 Å². The maximum absolute atomic E-state index is 11.1. The molecule has 1 aliphatic carbocycles. The number of hydrogen-bond donors (Lipinski definition) is 1. The number of methoxy groups -OCH3 is 1. The largest absolute Gasteiger partial charge is 0.490 e. The summed E-state index contributed by atoms with van der Waals surface area (Å²) in [6, 6.07) is 5.54. The lowest BCUT2D eigenvalue weighted by molar-refractivity contribution is -0.385. The van der Waals surface area contributed by atoms with Gasteiger partial charge in [-0.15, -0.1) is 0 Å². The molecule has 22 heavy (non-hydrogen) atoms. The zero-order chi connectivity index (χ0) is 15.9. The van der Waals surface area contributed by atoms with Crippen molar-refractivity contribution in [1.29, 1.82) is 0 Å². The second-order valence-corrected chi connectivity index (χ2v) is 5.75. The molecule has 0 heterocycles. The molecule has 1 fully saturated rings. The molecule has 1 aromatic carbocycles. The van der Waals surface area contributed by atoms with Crippen LogP contribution in [-0.4, -0.2) is 41.2 Å². The number of aliphatic hydroxyl groups is 1. The van der Waals surface area contributed by atoms with Gasteiger partial charge in [-0.1, -0.05) is 25.3 Å². The molecule has 0 aliphatic heterocycles. The standard InChI is InChI=1S/C16H24N2O4/c1-22-16-8-7-13(11-15(16)18(20)21)12-17(9-10-19)14-5-3-2-4-6-14/h7-8,11,14,19H,2-6,9-10,12H2,1H3. The molecule has 0 bridgehead atoms. The molecule has 1 N–H and O–H groups in total. The van der Waals surface area contributed by atoms with E-state index in [2.05, 4.69) is 4.90 Å². The van der Waals surface area contributed by atoms with E-state index in [1.165, 1.54) is 26.4 Å². The predicted molar refractivity (Wildman–Crippen MR) is 84.0 cm³/mol. The monoisotopic (exact) mass is 308 g/mol. The maximum Gasteiger partial charge on any atom is 0.311 e. The average Bonchev–Trinajstić information content (AvgIpc) is 2.55. The molecule has 1 aliphatic rings. The molecule has 0 saturated heterocycles. The molecule has 0 spiro atoms. The summed E-state index contributed by atoms with van der Waals surface area (Å²) in [5.41, 5.74) is 0.874. The summed E-state index contributed by atoms with van der Waals surface area (Å²) >= 11 is 0. The van der Waals surface area contributed by atoms with Crippen molar-refractivity contribution in [2.45, 2.75) is 44.7 Å². The molecule has 0 amide bonds. The number of nitrogens with zero attached hydrogens (tertiary/aromatic N) is 2. The summed E-state index contributed by atoms with van der Waals surface area (Å²) in [5.74, 6) is 0.278. The van der Waals surface area contributed by atoms with Gasteiger partial charge in [0, 0.05) is 25.2 Å². The number of nitro groups is 1. The Bertz CT molecular complexity index is 501. The minimum atomic E-state index is -0.417. The summed E-state index contributed by atoms with van der Waals surface area (Å²) < 4.78 is 5.04. The zero-order valence-corrected chi connectivity index (χ0v) is 13.0. The molecule has 0 unspecified atom stereocenters. The fraction of sp³-hybridized carbons (Fsp3) is 0.625. The fourth-order valence-electron chi connectivity index (χ4n) is 3.18. The lowest BCUT2D eigenvalue weighted by Gasteiger charge is -2.34. The summed E-state index contributed by atoms with van der Waals surface area (Å²) in [6.45, 7) is 1.33. The molecular weight excluding hydrogens is 284 g/mol. The van der Waals surface area contributed by atoms with Crippen LogP contribution in [0.2, 0.25) is 0 Å². The first-order valence-corrected chi connectivity index (χ1v) is 7.82. The van der Waals surface area contributed by atoms with E-state index in [1.54, 1.807) is 12.1 Å². The molecule has 122 valence electrons. The van der Waals surface area contributed by atoms with Crippen LogP contribution in [0.25, 0.3) is 0 Å². The van der Waals surface area contributed by atoms with Gasteiger partial charge >= 0.3 is 5.69 Å². The first-order valence-electron chi connectivity index (χ1n) is 7.82. The van der Waals surface area contributed by atoms with Gasteiger partial charge in [0.1, 0.15) is 0 Å². The maximum atomic E-state index is 11.1. The number of nitro benzene ring substituents is 1. The number of benzene rings is 1. The van der Waals surface area contributed by atoms with E-state index in [1.807, 2.05) is 6.07 Å². The molecule has 1 saturated carbocycles. The van der Waals surface area contributed by atoms with Gasteiger partial charge in [0.05, 0.1) is 18.6 Å². The van der Waals surface area contributed by atoms with Crippen molar-refractivity contribution in [3.8, 4) is 5.75 Å². The van der Waals surface area contributed by atoms with Crippen LogP contribution < -0.4 is 4.74 Å². The summed E-state index contributed by atoms with van der Waals surface area (Å²) in [7, 11) is 1.43. The van der Waals surface area contributed by atoms with Crippen LogP contribution in [0, 0.1) is 10.1 Å². The third kappa shape index (κ3) is 4.18. The van der Waals surface area contributed by atoms with Crippen molar-refractivity contribution < 1.29 is 14.8 Å². The summed E-state index contributed by atoms with van der Waals surface area (Å²) in [6.07, 6.45) is 5.98. The van der Waals surface area contributed by atoms with E-state index in [0.717, 1.165) is 18.4 Å². The Hall–Kier alpha value is -1.66. The molecule has 6 nitrogen and oxygen atoms in total. The molecule has 0 radical (unpaired) electrons. The first-order chi connectivity index (χ1) is 10.7. The van der Waals surface area contributed by atoms with Crippen LogP contribution in [0.15, 0.2) is 18.2 Å². The third-order valence-corrected chi connectivity index (χ3v) is 4.30. The summed E-state index contributed by atoms with van der Waals surface area (Å²) in [5, 5.41) is 20.4. The lowest BCUT2D eigenvalue weighted by atomic mass is 9.94. The Morgan fingerprint density at radius 1 is 1.36 bits per heavy atom. The van der Waals surface area contributed by atoms with Gasteiger partial charge in [-0.05, 0) is 24.5 Å². The highest BCUT2D eigenvalue weighted by atomic mass is 16.6. The Kier molecular flexibility index (Phi) is 6.15. The topological polar surface area (TPSA) is 75.8 Å². The Morgan fingerprint density at radius 3 is 2.68 bits per heavy atom. The SMILES string of the molecule is COc1ccc(CN(CCO)C2CCCCC2)cc1[N+](=O)[O-]. The first kappa shape index (κ1) is 16.7. The van der Waals surface area contributed by atoms with Crippen molar-refractivity contribution in [3.63, 3.8) is 0 Å². The normalized spacial score (nSPS) is 16.0. The van der Waals surface area contributed by atoms with Gasteiger partial charge in [-0.3, -0.25) is 15.0 Å². The van der Waals surface area contributed by atoms with Crippen LogP contribution in [-0.2, 0) is 6.54 Å². The van der Waals surface area contributed by atoms with Gasteiger partial charge in [-0.25, -0.2) is 0 Å². The van der Waals surface area contributed by atoms with E-state index >= 15 is 0 Å². The number of rotatable bonds is 7. The van der Waals surface area contributed by atoms with Crippen LogP contribution in [0.5, 0.6) is 5.75 Å². The molecule has 2 rings (SSSR count). The predicted octanol–water partition coefficient (Wildman–Crippen LogP) is 2.73. The van der Waals surface area contributed by atoms with Crippen LogP contribution in [0.4, 0.5) is 5.69 Å². The van der Waals surface area contributed by atoms with E-state index in [9.17, 15) is 15.2 Å². The highest BCUT2D eigenvalue weighted by Crippen LogP contribution is 2.29. The van der Waals surface area contributed by atoms with E-state index in [-0.39, 0.29) is 18.0 Å². The molecule has 1 aromatic rings. The number of aliphatic hydroxyl groups excluding tert-OH is 1. The van der Waals surface area contributed by atoms with Gasteiger partial charge in [0.2, 0.25) is 0 Å². The Balaban J connectivity index is 2.15. The van der Waals surface area contributed by atoms with Gasteiger partial charge in [0.25, 0.3) is 0 Å². The van der Waals surface area contributed by atoms with E-state index < -0.39 is 4.92 Å². The van der Waals surface area contributed by atoms with Gasteiger partial charge < -0.3 is 9.84 Å². The van der Waals surface area contributed by atoms with Crippen molar-refractivity contribution in [3.05, 3.63) is 33.9 Å². The smallest absolute Gasteiger partial charge is 0.311 e. The molecule has 0 atom stereocenters.